The van der Waals surface area contributed by atoms with E-state index >= 15 is 0 Å². The highest BCUT2D eigenvalue weighted by Gasteiger charge is 2.20. The van der Waals surface area contributed by atoms with Gasteiger partial charge in [-0.3, -0.25) is 0 Å². The minimum absolute atomic E-state index is 0.158. The van der Waals surface area contributed by atoms with Crippen LogP contribution >= 0.6 is 0 Å². The first kappa shape index (κ1) is 13.0. The molecule has 0 aliphatic heterocycles. The Morgan fingerprint density at radius 3 is 2.50 bits per heavy atom. The second-order valence-electron chi connectivity index (χ2n) is 4.79. The molecule has 0 saturated heterocycles. The van der Waals surface area contributed by atoms with Gasteiger partial charge in [-0.05, 0) is 30.7 Å². The molecular weight excluding hydrogens is 198 g/mol. The predicted octanol–water partition coefficient (Wildman–Crippen LogP) is 2.75. The van der Waals surface area contributed by atoms with Crippen molar-refractivity contribution in [2.45, 2.75) is 32.6 Å². The largest absolute Gasteiger partial charge is 0.496 e. The second kappa shape index (κ2) is 5.35. The molecule has 0 atom stereocenters. The summed E-state index contributed by atoms with van der Waals surface area (Å²) in [5.74, 6) is 0.992. The molecule has 1 N–H and O–H groups in total. The molecule has 0 radical (unpaired) electrons. The number of rotatable bonds is 5. The molecule has 2 nitrogen and oxygen atoms in total. The summed E-state index contributed by atoms with van der Waals surface area (Å²) in [6.45, 7) is 7.64. The molecule has 0 aliphatic carbocycles. The number of nitrogens with one attached hydrogen (secondary N) is 1. The lowest BCUT2D eigenvalue weighted by Gasteiger charge is -2.26. The molecule has 2 heteroatoms. The molecule has 0 heterocycles. The summed E-state index contributed by atoms with van der Waals surface area (Å²) in [6.07, 6.45) is 1.01. The van der Waals surface area contributed by atoms with E-state index in [0.717, 1.165) is 18.7 Å². The molecular formula is C14H23NO. The van der Waals surface area contributed by atoms with Gasteiger partial charge < -0.3 is 10.1 Å². The van der Waals surface area contributed by atoms with Crippen molar-refractivity contribution in [3.63, 3.8) is 0 Å². The highest BCUT2D eigenvalue weighted by Crippen LogP contribution is 2.28. The minimum atomic E-state index is 0.158. The van der Waals surface area contributed by atoms with E-state index in [0.29, 0.717) is 0 Å². The van der Waals surface area contributed by atoms with Crippen LogP contribution in [0.15, 0.2) is 18.2 Å². The Morgan fingerprint density at radius 2 is 2.00 bits per heavy atom. The van der Waals surface area contributed by atoms with Crippen LogP contribution in [-0.2, 0) is 11.8 Å². The predicted molar refractivity (Wildman–Crippen MR) is 69.3 cm³/mol. The van der Waals surface area contributed by atoms with Gasteiger partial charge in [0.05, 0.1) is 7.11 Å². The molecule has 0 amide bonds. The zero-order valence-electron chi connectivity index (χ0n) is 11.1. The van der Waals surface area contributed by atoms with E-state index in [2.05, 4.69) is 44.3 Å². The maximum absolute atomic E-state index is 5.35. The average molecular weight is 221 g/mol. The third-order valence-electron chi connectivity index (χ3n) is 3.06. The van der Waals surface area contributed by atoms with Crippen molar-refractivity contribution >= 4 is 0 Å². The van der Waals surface area contributed by atoms with Gasteiger partial charge in [0.25, 0.3) is 0 Å². The first-order chi connectivity index (χ1) is 7.55. The summed E-state index contributed by atoms with van der Waals surface area (Å²) in [5.41, 5.74) is 2.80. The average Bonchev–Trinajstić information content (AvgIpc) is 2.28. The maximum Gasteiger partial charge on any atom is 0.122 e. The second-order valence-corrected chi connectivity index (χ2v) is 4.79. The molecule has 0 bridgehead atoms. The Hall–Kier alpha value is -1.02. The zero-order chi connectivity index (χ0) is 12.2. The summed E-state index contributed by atoms with van der Waals surface area (Å²) >= 11 is 0. The number of benzene rings is 1. The lowest BCUT2D eigenvalue weighted by atomic mass is 9.83. The molecule has 0 aliphatic rings. The Balaban J connectivity index is 3.07. The molecule has 1 aromatic rings. The third-order valence-corrected chi connectivity index (χ3v) is 3.06. The van der Waals surface area contributed by atoms with Crippen LogP contribution in [-0.4, -0.2) is 20.7 Å². The molecule has 16 heavy (non-hydrogen) atoms. The van der Waals surface area contributed by atoms with Crippen LogP contribution < -0.4 is 10.1 Å². The van der Waals surface area contributed by atoms with Gasteiger partial charge in [0.15, 0.2) is 0 Å². The summed E-state index contributed by atoms with van der Waals surface area (Å²) in [4.78, 5) is 0. The Kier molecular flexibility index (Phi) is 4.36. The van der Waals surface area contributed by atoms with Crippen LogP contribution in [0.2, 0.25) is 0 Å². The van der Waals surface area contributed by atoms with Crippen molar-refractivity contribution in [3.05, 3.63) is 29.3 Å². The first-order valence-corrected chi connectivity index (χ1v) is 5.87. The smallest absolute Gasteiger partial charge is 0.122 e. The van der Waals surface area contributed by atoms with Crippen LogP contribution in [0.1, 0.15) is 31.9 Å². The molecule has 0 unspecified atom stereocenters. The van der Waals surface area contributed by atoms with E-state index in [1.54, 1.807) is 7.11 Å². The van der Waals surface area contributed by atoms with Crippen LogP contribution in [0.25, 0.3) is 0 Å². The molecule has 90 valence electrons. The Morgan fingerprint density at radius 1 is 1.31 bits per heavy atom. The minimum Gasteiger partial charge on any atom is -0.496 e. The molecule has 0 spiro atoms. The van der Waals surface area contributed by atoms with Crippen molar-refractivity contribution in [1.29, 1.82) is 0 Å². The van der Waals surface area contributed by atoms with E-state index in [9.17, 15) is 0 Å². The van der Waals surface area contributed by atoms with Gasteiger partial charge in [0.1, 0.15) is 5.75 Å². The van der Waals surface area contributed by atoms with Gasteiger partial charge in [-0.15, -0.1) is 0 Å². The van der Waals surface area contributed by atoms with Crippen molar-refractivity contribution in [2.24, 2.45) is 0 Å². The quantitative estimate of drug-likeness (QED) is 0.825. The van der Waals surface area contributed by atoms with Gasteiger partial charge >= 0.3 is 0 Å². The third kappa shape index (κ3) is 2.76. The van der Waals surface area contributed by atoms with Crippen molar-refractivity contribution in [3.8, 4) is 5.75 Å². The highest BCUT2D eigenvalue weighted by atomic mass is 16.5. The number of aryl methyl sites for hydroxylation is 1. The Bertz CT molecular complexity index is 345. The number of hydrogen-bond acceptors (Lipinski definition) is 2. The fourth-order valence-electron chi connectivity index (χ4n) is 2.02. The summed E-state index contributed by atoms with van der Waals surface area (Å²) in [7, 11) is 3.72. The number of likely N-dealkylation sites (N-methyl/N-ethyl adjacent to an activating group) is 1. The van der Waals surface area contributed by atoms with Crippen LogP contribution in [0, 0.1) is 0 Å². The van der Waals surface area contributed by atoms with Crippen LogP contribution in [0.4, 0.5) is 0 Å². The first-order valence-electron chi connectivity index (χ1n) is 5.87. The number of ether oxygens (including phenoxy) is 1. The molecule has 0 aromatic heterocycles. The molecule has 1 rings (SSSR count). The van der Waals surface area contributed by atoms with Gasteiger partial charge in [-0.25, -0.2) is 0 Å². The van der Waals surface area contributed by atoms with Crippen LogP contribution in [0.5, 0.6) is 5.75 Å². The topological polar surface area (TPSA) is 21.3 Å². The lowest BCUT2D eigenvalue weighted by molar-refractivity contribution is 0.409. The molecule has 0 saturated carbocycles. The van der Waals surface area contributed by atoms with Crippen molar-refractivity contribution in [2.75, 3.05) is 20.7 Å². The van der Waals surface area contributed by atoms with Crippen molar-refractivity contribution in [1.82, 2.24) is 5.32 Å². The summed E-state index contributed by atoms with van der Waals surface area (Å²) in [5, 5.41) is 3.24. The standard InChI is InChI=1S/C14H23NO/c1-6-11-9-12(7-8-13(11)16-5)14(2,3)10-15-4/h7-9,15H,6,10H2,1-5H3. The summed E-state index contributed by atoms with van der Waals surface area (Å²) < 4.78 is 5.35. The number of hydrogen-bond donors (Lipinski definition) is 1. The monoisotopic (exact) mass is 221 g/mol. The zero-order valence-corrected chi connectivity index (χ0v) is 11.1. The maximum atomic E-state index is 5.35. The fraction of sp³-hybridized carbons (Fsp3) is 0.571. The highest BCUT2D eigenvalue weighted by molar-refractivity contribution is 5.40. The summed E-state index contributed by atoms with van der Waals surface area (Å²) in [6, 6.07) is 6.50. The van der Waals surface area contributed by atoms with Gasteiger partial charge in [-0.2, -0.15) is 0 Å². The number of methoxy groups -OCH3 is 1. The fourth-order valence-corrected chi connectivity index (χ4v) is 2.02. The normalized spacial score (nSPS) is 11.6. The van der Waals surface area contributed by atoms with E-state index < -0.39 is 0 Å². The Labute approximate surface area is 99.0 Å². The van der Waals surface area contributed by atoms with E-state index in [1.807, 2.05) is 7.05 Å². The SMILES string of the molecule is CCc1cc(C(C)(C)CNC)ccc1OC. The van der Waals surface area contributed by atoms with Crippen molar-refractivity contribution < 1.29 is 4.74 Å². The van der Waals surface area contributed by atoms with E-state index in [4.69, 9.17) is 4.74 Å². The molecule has 1 aromatic carbocycles. The van der Waals surface area contributed by atoms with Gasteiger partial charge in [0.2, 0.25) is 0 Å². The van der Waals surface area contributed by atoms with Gasteiger partial charge in [-0.1, -0.05) is 32.9 Å². The van der Waals surface area contributed by atoms with E-state index in [1.165, 1.54) is 11.1 Å². The van der Waals surface area contributed by atoms with Crippen LogP contribution in [0.3, 0.4) is 0 Å². The van der Waals surface area contributed by atoms with E-state index in [-0.39, 0.29) is 5.41 Å². The molecule has 0 fully saturated rings. The van der Waals surface area contributed by atoms with Gasteiger partial charge in [0, 0.05) is 12.0 Å². The lowest BCUT2D eigenvalue weighted by Crippen LogP contribution is -2.30.